The molecule has 0 radical (unpaired) electrons. The molecule has 0 saturated carbocycles. The van der Waals surface area contributed by atoms with Crippen LogP contribution in [0.2, 0.25) is 0 Å². The molecule has 0 bridgehead atoms. The zero-order valence-corrected chi connectivity index (χ0v) is 12.9. The normalized spacial score (nSPS) is 13.6. The van der Waals surface area contributed by atoms with E-state index in [4.69, 9.17) is 15.2 Å². The van der Waals surface area contributed by atoms with Gasteiger partial charge in [0.2, 0.25) is 0 Å². The van der Waals surface area contributed by atoms with Crippen LogP contribution in [0.15, 0.2) is 0 Å². The van der Waals surface area contributed by atoms with Crippen molar-refractivity contribution < 1.29 is 14.3 Å². The van der Waals surface area contributed by atoms with E-state index in [1.807, 2.05) is 48.5 Å². The Morgan fingerprint density at radius 2 is 1.56 bits per heavy atom. The lowest BCUT2D eigenvalue weighted by Gasteiger charge is -2.28. The molecule has 4 heteroatoms. The molecule has 2 N–H and O–H groups in total. The summed E-state index contributed by atoms with van der Waals surface area (Å²) >= 11 is 0. The van der Waals surface area contributed by atoms with Gasteiger partial charge >= 0.3 is 5.97 Å². The first kappa shape index (κ1) is 17.4. The van der Waals surface area contributed by atoms with Crippen molar-refractivity contribution in [1.82, 2.24) is 0 Å². The second-order valence-corrected chi connectivity index (χ2v) is 7.11. The molecule has 0 aromatic rings. The average molecular weight is 259 g/mol. The van der Waals surface area contributed by atoms with Gasteiger partial charge in [0.25, 0.3) is 0 Å². The highest BCUT2D eigenvalue weighted by Crippen LogP contribution is 2.19. The fraction of sp³-hybridized carbons (Fsp3) is 0.929. The van der Waals surface area contributed by atoms with Crippen LogP contribution >= 0.6 is 0 Å². The molecule has 0 aromatic heterocycles. The van der Waals surface area contributed by atoms with Crippen molar-refractivity contribution in [2.45, 2.75) is 78.0 Å². The first-order valence-corrected chi connectivity index (χ1v) is 6.45. The van der Waals surface area contributed by atoms with E-state index in [-0.39, 0.29) is 17.9 Å². The summed E-state index contributed by atoms with van der Waals surface area (Å²) in [7, 11) is 0. The minimum atomic E-state index is -0.520. The summed E-state index contributed by atoms with van der Waals surface area (Å²) in [5.74, 6) is -0.237. The third-order valence-corrected chi connectivity index (χ3v) is 2.23. The van der Waals surface area contributed by atoms with Gasteiger partial charge in [-0.05, 0) is 54.9 Å². The minimum Gasteiger partial charge on any atom is -0.460 e. The summed E-state index contributed by atoms with van der Waals surface area (Å²) < 4.78 is 11.0. The third kappa shape index (κ3) is 10.5. The predicted molar refractivity (Wildman–Crippen MR) is 73.4 cm³/mol. The largest absolute Gasteiger partial charge is 0.460 e. The van der Waals surface area contributed by atoms with E-state index in [0.29, 0.717) is 6.61 Å². The number of carbonyl (C=O) groups excluding carboxylic acids is 1. The molecule has 18 heavy (non-hydrogen) atoms. The van der Waals surface area contributed by atoms with Gasteiger partial charge in [-0.15, -0.1) is 0 Å². The van der Waals surface area contributed by atoms with Gasteiger partial charge in [-0.1, -0.05) is 0 Å². The molecule has 0 saturated heterocycles. The van der Waals surface area contributed by atoms with Gasteiger partial charge in [-0.2, -0.15) is 0 Å². The molecular formula is C14H29NO3. The predicted octanol–water partition coefficient (Wildman–Crippen LogP) is 2.64. The number of hydrogen-bond acceptors (Lipinski definition) is 4. The summed E-state index contributed by atoms with van der Waals surface area (Å²) in [6, 6.07) is 0. The molecule has 0 atom stereocenters. The van der Waals surface area contributed by atoms with Crippen molar-refractivity contribution in [3.05, 3.63) is 0 Å². The molecular weight excluding hydrogens is 230 g/mol. The zero-order valence-electron chi connectivity index (χ0n) is 12.9. The third-order valence-electron chi connectivity index (χ3n) is 2.23. The molecule has 0 aromatic carbocycles. The minimum absolute atomic E-state index is 0.237. The van der Waals surface area contributed by atoms with Crippen LogP contribution in [0.1, 0.15) is 61.3 Å². The molecule has 0 fully saturated rings. The Kier molecular flexibility index (Phi) is 5.82. The topological polar surface area (TPSA) is 61.5 Å². The van der Waals surface area contributed by atoms with Crippen LogP contribution in [0, 0.1) is 0 Å². The van der Waals surface area contributed by atoms with Crippen molar-refractivity contribution in [2.24, 2.45) is 5.73 Å². The lowest BCUT2D eigenvalue weighted by atomic mass is 10.0. The van der Waals surface area contributed by atoms with Crippen LogP contribution in [0.3, 0.4) is 0 Å². The highest BCUT2D eigenvalue weighted by atomic mass is 16.6. The summed E-state index contributed by atoms with van der Waals surface area (Å²) in [6.45, 7) is 13.8. The number of carbonyl (C=O) groups is 1. The summed E-state index contributed by atoms with van der Waals surface area (Å²) in [5.41, 5.74) is 4.66. The number of esters is 1. The standard InChI is InChI=1S/C14H29NO3/c1-12(2,3)18-11(16)10-14(6,7)17-9-8-13(4,5)15/h8-10,15H2,1-7H3. The fourth-order valence-corrected chi connectivity index (χ4v) is 1.37. The highest BCUT2D eigenvalue weighted by molar-refractivity contribution is 5.71. The van der Waals surface area contributed by atoms with Gasteiger partial charge in [-0.25, -0.2) is 0 Å². The van der Waals surface area contributed by atoms with Gasteiger partial charge in [0.05, 0.1) is 12.0 Å². The Morgan fingerprint density at radius 3 is 1.94 bits per heavy atom. The summed E-state index contributed by atoms with van der Waals surface area (Å²) in [6.07, 6.45) is 1.00. The van der Waals surface area contributed by atoms with Crippen LogP contribution in [-0.2, 0) is 14.3 Å². The van der Waals surface area contributed by atoms with E-state index < -0.39 is 11.2 Å². The first-order chi connectivity index (χ1) is 7.81. The molecule has 4 nitrogen and oxygen atoms in total. The van der Waals surface area contributed by atoms with Crippen molar-refractivity contribution in [3.63, 3.8) is 0 Å². The Morgan fingerprint density at radius 1 is 1.06 bits per heavy atom. The SMILES string of the molecule is CC(C)(N)CCOC(C)(C)CC(=O)OC(C)(C)C. The summed E-state index contributed by atoms with van der Waals surface area (Å²) in [4.78, 5) is 11.7. The maximum absolute atomic E-state index is 11.7. The van der Waals surface area contributed by atoms with Crippen LogP contribution < -0.4 is 5.73 Å². The van der Waals surface area contributed by atoms with Crippen molar-refractivity contribution in [2.75, 3.05) is 6.61 Å². The Balaban J connectivity index is 4.11. The lowest BCUT2D eigenvalue weighted by Crippen LogP contribution is -2.37. The summed E-state index contributed by atoms with van der Waals surface area (Å²) in [5, 5.41) is 0. The van der Waals surface area contributed by atoms with Gasteiger partial charge in [0.1, 0.15) is 5.60 Å². The maximum Gasteiger partial charge on any atom is 0.309 e. The van der Waals surface area contributed by atoms with Gasteiger partial charge < -0.3 is 15.2 Å². The van der Waals surface area contributed by atoms with Crippen molar-refractivity contribution in [3.8, 4) is 0 Å². The van der Waals surface area contributed by atoms with E-state index in [9.17, 15) is 4.79 Å². The molecule has 0 unspecified atom stereocenters. The van der Waals surface area contributed by atoms with Crippen LogP contribution in [0.4, 0.5) is 0 Å². The fourth-order valence-electron chi connectivity index (χ4n) is 1.37. The molecule has 0 heterocycles. The van der Waals surface area contributed by atoms with Gasteiger partial charge in [0, 0.05) is 12.1 Å². The molecule has 0 aliphatic heterocycles. The van der Waals surface area contributed by atoms with Crippen LogP contribution in [0.25, 0.3) is 0 Å². The number of rotatable bonds is 6. The zero-order chi connectivity index (χ0) is 14.6. The smallest absolute Gasteiger partial charge is 0.309 e. The Hall–Kier alpha value is -0.610. The quantitative estimate of drug-likeness (QED) is 0.745. The van der Waals surface area contributed by atoms with E-state index in [2.05, 4.69) is 0 Å². The lowest BCUT2D eigenvalue weighted by molar-refractivity contribution is -0.161. The number of hydrogen-bond donors (Lipinski definition) is 1. The van der Waals surface area contributed by atoms with Crippen LogP contribution in [0.5, 0.6) is 0 Å². The Labute approximate surface area is 111 Å². The van der Waals surface area contributed by atoms with Crippen molar-refractivity contribution >= 4 is 5.97 Å². The second kappa shape index (κ2) is 6.02. The van der Waals surface area contributed by atoms with Crippen LogP contribution in [-0.4, -0.2) is 29.3 Å². The molecule has 0 aliphatic rings. The van der Waals surface area contributed by atoms with Crippen molar-refractivity contribution in [1.29, 1.82) is 0 Å². The molecule has 0 spiro atoms. The second-order valence-electron chi connectivity index (χ2n) is 7.11. The van der Waals surface area contributed by atoms with E-state index >= 15 is 0 Å². The maximum atomic E-state index is 11.7. The Bertz CT molecular complexity index is 272. The molecule has 0 aliphatic carbocycles. The first-order valence-electron chi connectivity index (χ1n) is 6.45. The molecule has 0 amide bonds. The van der Waals surface area contributed by atoms with E-state index in [1.165, 1.54) is 0 Å². The number of ether oxygens (including phenoxy) is 2. The number of nitrogens with two attached hydrogens (primary N) is 1. The van der Waals surface area contributed by atoms with Gasteiger partial charge in [0.15, 0.2) is 0 Å². The monoisotopic (exact) mass is 259 g/mol. The average Bonchev–Trinajstić information content (AvgIpc) is 1.93. The van der Waals surface area contributed by atoms with Gasteiger partial charge in [-0.3, -0.25) is 4.79 Å². The molecule has 108 valence electrons. The van der Waals surface area contributed by atoms with E-state index in [1.54, 1.807) is 0 Å². The highest BCUT2D eigenvalue weighted by Gasteiger charge is 2.27. The van der Waals surface area contributed by atoms with E-state index in [0.717, 1.165) is 6.42 Å². The molecule has 0 rings (SSSR count).